The molecule has 0 unspecified atom stereocenters. The van der Waals surface area contributed by atoms with E-state index in [0.29, 0.717) is 5.56 Å². The third kappa shape index (κ3) is 4.38. The Morgan fingerprint density at radius 3 is 2.00 bits per heavy atom. The van der Waals surface area contributed by atoms with Gasteiger partial charge in [-0.2, -0.15) is 0 Å². The average Bonchev–Trinajstić information content (AvgIpc) is 2.46. The molecule has 0 saturated heterocycles. The van der Waals surface area contributed by atoms with Crippen LogP contribution in [-0.4, -0.2) is 37.2 Å². The molecule has 6 heteroatoms. The van der Waals surface area contributed by atoms with Crippen molar-refractivity contribution in [2.75, 3.05) is 7.11 Å². The van der Waals surface area contributed by atoms with Crippen LogP contribution in [0.25, 0.3) is 0 Å². The summed E-state index contributed by atoms with van der Waals surface area (Å²) in [6.07, 6.45) is -2.17. The minimum absolute atomic E-state index is 0.327. The number of methoxy groups -OCH3 is 1. The summed E-state index contributed by atoms with van der Waals surface area (Å²) in [4.78, 5) is 34.5. The van der Waals surface area contributed by atoms with Crippen LogP contribution in [0.5, 0.6) is 0 Å². The van der Waals surface area contributed by atoms with Crippen LogP contribution in [0.15, 0.2) is 30.3 Å². The zero-order valence-corrected chi connectivity index (χ0v) is 11.5. The van der Waals surface area contributed by atoms with E-state index < -0.39 is 30.1 Å². The minimum Gasteiger partial charge on any atom is -0.466 e. The molecule has 0 aliphatic heterocycles. The predicted octanol–water partition coefficient (Wildman–Crippen LogP) is 1.34. The third-order valence-electron chi connectivity index (χ3n) is 2.45. The Balaban J connectivity index is 2.54. The maximum absolute atomic E-state index is 11.7. The summed E-state index contributed by atoms with van der Waals surface area (Å²) < 4.78 is 14.2. The molecule has 0 amide bonds. The number of benzene rings is 1. The van der Waals surface area contributed by atoms with Crippen molar-refractivity contribution in [3.63, 3.8) is 0 Å². The van der Waals surface area contributed by atoms with E-state index in [1.54, 1.807) is 30.3 Å². The van der Waals surface area contributed by atoms with Gasteiger partial charge in [-0.1, -0.05) is 18.2 Å². The summed E-state index contributed by atoms with van der Waals surface area (Å²) in [5, 5.41) is 0. The van der Waals surface area contributed by atoms with E-state index in [4.69, 9.17) is 9.47 Å². The highest BCUT2D eigenvalue weighted by Gasteiger charge is 2.25. The van der Waals surface area contributed by atoms with Crippen LogP contribution >= 0.6 is 0 Å². The van der Waals surface area contributed by atoms with Gasteiger partial charge in [0.1, 0.15) is 0 Å². The first-order chi connectivity index (χ1) is 9.45. The van der Waals surface area contributed by atoms with Gasteiger partial charge < -0.3 is 14.2 Å². The normalized spacial score (nSPS) is 12.9. The van der Waals surface area contributed by atoms with Gasteiger partial charge in [0.05, 0.1) is 12.7 Å². The zero-order chi connectivity index (χ0) is 15.1. The Morgan fingerprint density at radius 2 is 1.45 bits per heavy atom. The second kappa shape index (κ2) is 7.28. The maximum atomic E-state index is 11.7. The number of carbonyl (C=O) groups is 3. The summed E-state index contributed by atoms with van der Waals surface area (Å²) in [6.45, 7) is 2.74. The van der Waals surface area contributed by atoms with Gasteiger partial charge in [0.25, 0.3) is 0 Å². The van der Waals surface area contributed by atoms with Gasteiger partial charge >= 0.3 is 17.9 Å². The van der Waals surface area contributed by atoms with Crippen LogP contribution in [-0.2, 0) is 23.8 Å². The third-order valence-corrected chi connectivity index (χ3v) is 2.45. The molecule has 2 atom stereocenters. The van der Waals surface area contributed by atoms with Crippen molar-refractivity contribution in [3.05, 3.63) is 35.9 Å². The van der Waals surface area contributed by atoms with Crippen LogP contribution in [0.1, 0.15) is 24.2 Å². The Bertz CT molecular complexity index is 482. The molecule has 0 N–H and O–H groups in total. The highest BCUT2D eigenvalue weighted by molar-refractivity contribution is 5.91. The molecule has 0 bridgehead atoms. The van der Waals surface area contributed by atoms with Crippen LogP contribution in [0.4, 0.5) is 0 Å². The fourth-order valence-electron chi connectivity index (χ4n) is 1.34. The molecule has 108 valence electrons. The molecule has 0 radical (unpaired) electrons. The Kier molecular flexibility index (Phi) is 5.71. The van der Waals surface area contributed by atoms with Crippen molar-refractivity contribution in [2.24, 2.45) is 0 Å². The van der Waals surface area contributed by atoms with E-state index in [0.717, 1.165) is 0 Å². The maximum Gasteiger partial charge on any atom is 0.348 e. The number of rotatable bonds is 5. The molecular formula is C14H16O6. The van der Waals surface area contributed by atoms with E-state index in [2.05, 4.69) is 4.74 Å². The zero-order valence-electron chi connectivity index (χ0n) is 11.5. The van der Waals surface area contributed by atoms with E-state index in [1.807, 2.05) is 0 Å². The second-order valence-electron chi connectivity index (χ2n) is 4.02. The van der Waals surface area contributed by atoms with Gasteiger partial charge in [0.2, 0.25) is 0 Å². The van der Waals surface area contributed by atoms with Crippen molar-refractivity contribution in [2.45, 2.75) is 26.1 Å². The minimum atomic E-state index is -1.12. The average molecular weight is 280 g/mol. The SMILES string of the molecule is COC(=O)[C@H](C)OC(=O)[C@H](C)OC(=O)c1ccccc1. The highest BCUT2D eigenvalue weighted by atomic mass is 16.6. The smallest absolute Gasteiger partial charge is 0.348 e. The van der Waals surface area contributed by atoms with Crippen molar-refractivity contribution >= 4 is 17.9 Å². The van der Waals surface area contributed by atoms with Crippen LogP contribution < -0.4 is 0 Å². The summed E-state index contributed by atoms with van der Waals surface area (Å²) in [7, 11) is 1.19. The standard InChI is InChI=1S/C14H16O6/c1-9(12(15)18-3)19-13(16)10(2)20-14(17)11-7-5-4-6-8-11/h4-10H,1-3H3/t9-,10-/m0/s1. The molecule has 0 aliphatic carbocycles. The summed E-state index contributed by atoms with van der Waals surface area (Å²) in [5.41, 5.74) is 0.327. The van der Waals surface area contributed by atoms with Crippen LogP contribution in [0.3, 0.4) is 0 Å². The van der Waals surface area contributed by atoms with Gasteiger partial charge in [-0.15, -0.1) is 0 Å². The van der Waals surface area contributed by atoms with E-state index in [-0.39, 0.29) is 0 Å². The fraction of sp³-hybridized carbons (Fsp3) is 0.357. The number of hydrogen-bond acceptors (Lipinski definition) is 6. The molecule has 1 rings (SSSR count). The number of ether oxygens (including phenoxy) is 3. The molecule has 0 aliphatic rings. The van der Waals surface area contributed by atoms with Crippen molar-refractivity contribution in [3.8, 4) is 0 Å². The Labute approximate surface area is 116 Å². The van der Waals surface area contributed by atoms with E-state index in [1.165, 1.54) is 21.0 Å². The molecule has 20 heavy (non-hydrogen) atoms. The Hall–Kier alpha value is -2.37. The molecule has 0 heterocycles. The van der Waals surface area contributed by atoms with Gasteiger partial charge in [0, 0.05) is 0 Å². The van der Waals surface area contributed by atoms with Crippen LogP contribution in [0.2, 0.25) is 0 Å². The van der Waals surface area contributed by atoms with E-state index >= 15 is 0 Å². The molecule has 0 fully saturated rings. The lowest BCUT2D eigenvalue weighted by molar-refractivity contribution is -0.169. The monoisotopic (exact) mass is 280 g/mol. The molecule has 0 spiro atoms. The topological polar surface area (TPSA) is 78.9 Å². The summed E-state index contributed by atoms with van der Waals surface area (Å²) in [6, 6.07) is 8.25. The number of esters is 3. The Morgan fingerprint density at radius 1 is 0.900 bits per heavy atom. The van der Waals surface area contributed by atoms with Gasteiger partial charge in [-0.05, 0) is 26.0 Å². The first-order valence-corrected chi connectivity index (χ1v) is 6.00. The molecule has 0 saturated carbocycles. The summed E-state index contributed by atoms with van der Waals surface area (Å²) in [5.74, 6) is -2.13. The lowest BCUT2D eigenvalue weighted by Gasteiger charge is -2.15. The van der Waals surface area contributed by atoms with Crippen LogP contribution in [0, 0.1) is 0 Å². The van der Waals surface area contributed by atoms with Gasteiger partial charge in [-0.3, -0.25) is 0 Å². The van der Waals surface area contributed by atoms with Gasteiger partial charge in [-0.25, -0.2) is 14.4 Å². The molecular weight excluding hydrogens is 264 g/mol. The van der Waals surface area contributed by atoms with Crippen molar-refractivity contribution in [1.29, 1.82) is 0 Å². The molecule has 0 aromatic heterocycles. The molecule has 1 aromatic rings. The predicted molar refractivity (Wildman–Crippen MR) is 68.9 cm³/mol. The molecule has 6 nitrogen and oxygen atoms in total. The lowest BCUT2D eigenvalue weighted by atomic mass is 10.2. The van der Waals surface area contributed by atoms with Crippen molar-refractivity contribution in [1.82, 2.24) is 0 Å². The summed E-state index contributed by atoms with van der Waals surface area (Å²) >= 11 is 0. The first kappa shape index (κ1) is 15.7. The lowest BCUT2D eigenvalue weighted by Crippen LogP contribution is -2.32. The quantitative estimate of drug-likeness (QED) is 0.598. The molecule has 1 aromatic carbocycles. The highest BCUT2D eigenvalue weighted by Crippen LogP contribution is 2.06. The van der Waals surface area contributed by atoms with Crippen molar-refractivity contribution < 1.29 is 28.6 Å². The van der Waals surface area contributed by atoms with E-state index in [9.17, 15) is 14.4 Å². The first-order valence-electron chi connectivity index (χ1n) is 6.00. The number of carbonyl (C=O) groups excluding carboxylic acids is 3. The number of hydrogen-bond donors (Lipinski definition) is 0. The second-order valence-corrected chi connectivity index (χ2v) is 4.02. The van der Waals surface area contributed by atoms with Gasteiger partial charge in [0.15, 0.2) is 12.2 Å². The largest absolute Gasteiger partial charge is 0.466 e. The fourth-order valence-corrected chi connectivity index (χ4v) is 1.34.